The summed E-state index contributed by atoms with van der Waals surface area (Å²) in [6.07, 6.45) is 8.34. The van der Waals surface area contributed by atoms with Gasteiger partial charge in [-0.05, 0) is 36.5 Å². The summed E-state index contributed by atoms with van der Waals surface area (Å²) in [6, 6.07) is 12.3. The topological polar surface area (TPSA) is 75.9 Å². The molecule has 142 valence electrons. The van der Waals surface area contributed by atoms with Crippen LogP contribution in [0.1, 0.15) is 30.0 Å². The van der Waals surface area contributed by atoms with Gasteiger partial charge in [0.1, 0.15) is 12.1 Å². The Hall–Kier alpha value is -3.22. The van der Waals surface area contributed by atoms with Gasteiger partial charge in [-0.1, -0.05) is 24.3 Å². The van der Waals surface area contributed by atoms with Gasteiger partial charge < -0.3 is 10.2 Å². The lowest BCUT2D eigenvalue weighted by Gasteiger charge is -2.40. The van der Waals surface area contributed by atoms with Gasteiger partial charge in [0.2, 0.25) is 5.91 Å². The van der Waals surface area contributed by atoms with Gasteiger partial charge in [0.25, 0.3) is 0 Å². The van der Waals surface area contributed by atoms with Gasteiger partial charge in [-0.25, -0.2) is 14.6 Å². The molecule has 0 saturated carbocycles. The quantitative estimate of drug-likeness (QED) is 0.758. The number of nitrogens with zero attached hydrogens (tertiary/aromatic N) is 5. The number of hydrogen-bond donors (Lipinski definition) is 1. The van der Waals surface area contributed by atoms with E-state index in [2.05, 4.69) is 49.5 Å². The number of aryl methyl sites for hydroxylation is 1. The molecule has 1 fully saturated rings. The van der Waals surface area contributed by atoms with E-state index in [-0.39, 0.29) is 17.9 Å². The van der Waals surface area contributed by atoms with Crippen molar-refractivity contribution in [2.45, 2.75) is 25.3 Å². The summed E-state index contributed by atoms with van der Waals surface area (Å²) in [6.45, 7) is 1.35. The molecule has 5 rings (SSSR count). The second kappa shape index (κ2) is 7.07. The molecule has 0 spiro atoms. The van der Waals surface area contributed by atoms with E-state index < -0.39 is 0 Å². The van der Waals surface area contributed by atoms with Crippen LogP contribution in [0, 0.1) is 5.92 Å². The summed E-state index contributed by atoms with van der Waals surface area (Å²) in [5.41, 5.74) is 2.64. The van der Waals surface area contributed by atoms with E-state index in [0.29, 0.717) is 13.1 Å². The molecular weight excluding hydrogens is 352 g/mol. The predicted molar refractivity (Wildman–Crippen MR) is 105 cm³/mol. The van der Waals surface area contributed by atoms with Gasteiger partial charge in [0.05, 0.1) is 12.0 Å². The Kier molecular flexibility index (Phi) is 4.27. The SMILES string of the molecule is O=C(N[C@@H]1CCCc2ccccc21)C1CN(c2cc(-n3cccn3)ncn2)C1. The molecule has 1 aliphatic carbocycles. The fourth-order valence-electron chi connectivity index (χ4n) is 4.06. The molecule has 7 heteroatoms. The van der Waals surface area contributed by atoms with Crippen LogP contribution < -0.4 is 10.2 Å². The Morgan fingerprint density at radius 3 is 2.82 bits per heavy atom. The van der Waals surface area contributed by atoms with Crippen LogP contribution in [-0.4, -0.2) is 38.7 Å². The van der Waals surface area contributed by atoms with Gasteiger partial charge in [0.15, 0.2) is 5.82 Å². The monoisotopic (exact) mass is 374 g/mol. The van der Waals surface area contributed by atoms with Crippen LogP contribution in [0.3, 0.4) is 0 Å². The first kappa shape index (κ1) is 16.9. The Labute approximate surface area is 163 Å². The summed E-state index contributed by atoms with van der Waals surface area (Å²) >= 11 is 0. The number of hydrogen-bond acceptors (Lipinski definition) is 5. The molecule has 1 saturated heterocycles. The third-order valence-electron chi connectivity index (χ3n) is 5.64. The molecule has 1 aliphatic heterocycles. The number of nitrogens with one attached hydrogen (secondary N) is 1. The highest BCUT2D eigenvalue weighted by molar-refractivity contribution is 5.82. The second-order valence-corrected chi connectivity index (χ2v) is 7.44. The fourth-order valence-corrected chi connectivity index (χ4v) is 4.06. The Morgan fingerprint density at radius 1 is 1.11 bits per heavy atom. The lowest BCUT2D eigenvalue weighted by Crippen LogP contribution is -2.54. The van der Waals surface area contributed by atoms with Crippen molar-refractivity contribution in [3.05, 3.63) is 66.2 Å². The highest BCUT2D eigenvalue weighted by atomic mass is 16.2. The minimum Gasteiger partial charge on any atom is -0.355 e. The van der Waals surface area contributed by atoms with Crippen molar-refractivity contribution in [2.24, 2.45) is 5.92 Å². The van der Waals surface area contributed by atoms with E-state index in [4.69, 9.17) is 0 Å². The maximum absolute atomic E-state index is 12.7. The number of benzene rings is 1. The van der Waals surface area contributed by atoms with Crippen LogP contribution in [0.25, 0.3) is 5.82 Å². The zero-order chi connectivity index (χ0) is 18.9. The van der Waals surface area contributed by atoms with Crippen LogP contribution in [-0.2, 0) is 11.2 Å². The smallest absolute Gasteiger partial charge is 0.227 e. The molecule has 7 nitrogen and oxygen atoms in total. The number of anilines is 1. The minimum absolute atomic E-state index is 0.00259. The van der Waals surface area contributed by atoms with Crippen LogP contribution in [0.2, 0.25) is 0 Å². The highest BCUT2D eigenvalue weighted by Gasteiger charge is 2.35. The van der Waals surface area contributed by atoms with Gasteiger partial charge in [0, 0.05) is 31.5 Å². The molecule has 1 N–H and O–H groups in total. The summed E-state index contributed by atoms with van der Waals surface area (Å²) in [5, 5.41) is 7.47. The second-order valence-electron chi connectivity index (χ2n) is 7.44. The van der Waals surface area contributed by atoms with Gasteiger partial charge >= 0.3 is 0 Å². The third kappa shape index (κ3) is 3.13. The van der Waals surface area contributed by atoms with Crippen molar-refractivity contribution in [3.8, 4) is 5.82 Å². The lowest BCUT2D eigenvalue weighted by molar-refractivity contribution is -0.126. The molecule has 1 aromatic carbocycles. The van der Waals surface area contributed by atoms with E-state index in [0.717, 1.165) is 30.9 Å². The molecule has 3 heterocycles. The number of amides is 1. The molecule has 1 amide bonds. The minimum atomic E-state index is -0.00259. The van der Waals surface area contributed by atoms with Crippen LogP contribution in [0.15, 0.2) is 55.1 Å². The first-order valence-corrected chi connectivity index (χ1v) is 9.73. The summed E-state index contributed by atoms with van der Waals surface area (Å²) in [4.78, 5) is 23.5. The summed E-state index contributed by atoms with van der Waals surface area (Å²) in [5.74, 6) is 1.69. The van der Waals surface area contributed by atoms with Gasteiger partial charge in [-0.3, -0.25) is 4.79 Å². The molecule has 2 aromatic heterocycles. The molecule has 0 unspecified atom stereocenters. The first-order valence-electron chi connectivity index (χ1n) is 9.73. The maximum atomic E-state index is 12.7. The molecule has 28 heavy (non-hydrogen) atoms. The van der Waals surface area contributed by atoms with Gasteiger partial charge in [-0.15, -0.1) is 0 Å². The molecule has 3 aromatic rings. The first-order chi connectivity index (χ1) is 13.8. The average Bonchev–Trinajstić information content (AvgIpc) is 3.22. The van der Waals surface area contributed by atoms with Crippen LogP contribution >= 0.6 is 0 Å². The molecule has 0 bridgehead atoms. The van der Waals surface area contributed by atoms with Crippen molar-refractivity contribution in [1.29, 1.82) is 0 Å². The Bertz CT molecular complexity index is 980. The Morgan fingerprint density at radius 2 is 1.96 bits per heavy atom. The Balaban J connectivity index is 1.22. The largest absolute Gasteiger partial charge is 0.355 e. The zero-order valence-electron chi connectivity index (χ0n) is 15.5. The number of aromatic nitrogens is 4. The van der Waals surface area contributed by atoms with Crippen molar-refractivity contribution in [1.82, 2.24) is 25.1 Å². The number of fused-ring (bicyclic) bond motifs is 1. The maximum Gasteiger partial charge on any atom is 0.227 e. The zero-order valence-corrected chi connectivity index (χ0v) is 15.5. The van der Waals surface area contributed by atoms with E-state index >= 15 is 0 Å². The third-order valence-corrected chi connectivity index (χ3v) is 5.64. The van der Waals surface area contributed by atoms with Crippen molar-refractivity contribution in [2.75, 3.05) is 18.0 Å². The van der Waals surface area contributed by atoms with Crippen molar-refractivity contribution in [3.63, 3.8) is 0 Å². The molecular formula is C21H22N6O. The fraction of sp³-hybridized carbons (Fsp3) is 0.333. The van der Waals surface area contributed by atoms with E-state index in [1.165, 1.54) is 11.1 Å². The molecule has 1 atom stereocenters. The van der Waals surface area contributed by atoms with Crippen molar-refractivity contribution >= 4 is 11.7 Å². The summed E-state index contributed by atoms with van der Waals surface area (Å²) in [7, 11) is 0. The number of rotatable bonds is 4. The average molecular weight is 374 g/mol. The van der Waals surface area contributed by atoms with Gasteiger partial charge in [-0.2, -0.15) is 5.10 Å². The van der Waals surface area contributed by atoms with E-state index in [1.807, 2.05) is 18.3 Å². The summed E-state index contributed by atoms with van der Waals surface area (Å²) < 4.78 is 1.70. The highest BCUT2D eigenvalue weighted by Crippen LogP contribution is 2.31. The van der Waals surface area contributed by atoms with E-state index in [9.17, 15) is 4.79 Å². The number of carbonyl (C=O) groups excluding carboxylic acids is 1. The number of carbonyl (C=O) groups is 1. The standard InChI is InChI=1S/C21H22N6O/c28-21(25-18-8-3-6-15-5-1-2-7-17(15)18)16-12-26(13-16)19-11-20(23-14-22-19)27-10-4-9-24-27/h1-2,4-5,7,9-11,14,16,18H,3,6,8,12-13H2,(H,25,28)/t18-/m1/s1. The lowest BCUT2D eigenvalue weighted by atomic mass is 9.87. The van der Waals surface area contributed by atoms with Crippen LogP contribution in [0.5, 0.6) is 0 Å². The molecule has 0 radical (unpaired) electrons. The predicted octanol–water partition coefficient (Wildman–Crippen LogP) is 2.29. The van der Waals surface area contributed by atoms with Crippen molar-refractivity contribution < 1.29 is 4.79 Å². The molecule has 2 aliphatic rings. The normalized spacial score (nSPS) is 19.0. The van der Waals surface area contributed by atoms with Crippen LogP contribution in [0.4, 0.5) is 5.82 Å². The van der Waals surface area contributed by atoms with E-state index in [1.54, 1.807) is 17.2 Å².